The average Bonchev–Trinajstić information content (AvgIpc) is 3.46. The second-order valence-corrected chi connectivity index (χ2v) is 8.29. The second kappa shape index (κ2) is 9.22. The smallest absolute Gasteiger partial charge is 0.338 e. The maximum absolute atomic E-state index is 12.3. The highest BCUT2D eigenvalue weighted by Gasteiger charge is 2.23. The number of aryl methyl sites for hydroxylation is 2. The molecule has 2 aromatic carbocycles. The summed E-state index contributed by atoms with van der Waals surface area (Å²) in [7, 11) is 4.44. The number of esters is 1. The molecule has 36 heavy (non-hydrogen) atoms. The van der Waals surface area contributed by atoms with Crippen LogP contribution in [0.1, 0.15) is 21.8 Å². The third-order valence-electron chi connectivity index (χ3n) is 6.19. The molecule has 0 saturated carbocycles. The fourth-order valence-corrected chi connectivity index (χ4v) is 4.52. The third kappa shape index (κ3) is 3.76. The molecular formula is C28H25N3O5. The summed E-state index contributed by atoms with van der Waals surface area (Å²) in [5.41, 5.74) is 7.11. The van der Waals surface area contributed by atoms with Crippen molar-refractivity contribution < 1.29 is 23.5 Å². The molecule has 0 saturated heterocycles. The van der Waals surface area contributed by atoms with Crippen molar-refractivity contribution >= 4 is 17.0 Å². The molecule has 0 fully saturated rings. The molecule has 0 aliphatic rings. The van der Waals surface area contributed by atoms with Crippen LogP contribution >= 0.6 is 0 Å². The van der Waals surface area contributed by atoms with Crippen molar-refractivity contribution in [3.8, 4) is 39.4 Å². The molecule has 8 heteroatoms. The van der Waals surface area contributed by atoms with E-state index in [2.05, 4.69) is 11.2 Å². The van der Waals surface area contributed by atoms with E-state index in [9.17, 15) is 4.79 Å². The van der Waals surface area contributed by atoms with Crippen molar-refractivity contribution in [2.24, 2.45) is 0 Å². The molecule has 0 aliphatic carbocycles. The van der Waals surface area contributed by atoms with Gasteiger partial charge in [-0.3, -0.25) is 4.98 Å². The molecule has 5 aromatic rings. The minimum Gasteiger partial charge on any atom is -0.494 e. The van der Waals surface area contributed by atoms with Gasteiger partial charge in [-0.05, 0) is 37.6 Å². The number of carbonyl (C=O) groups excluding carboxylic acids is 1. The van der Waals surface area contributed by atoms with Crippen LogP contribution in [-0.4, -0.2) is 42.0 Å². The van der Waals surface area contributed by atoms with Crippen molar-refractivity contribution in [2.75, 3.05) is 21.3 Å². The number of pyridine rings is 1. The van der Waals surface area contributed by atoms with Gasteiger partial charge in [0.2, 0.25) is 0 Å². The van der Waals surface area contributed by atoms with E-state index in [1.54, 1.807) is 26.4 Å². The second-order valence-electron chi connectivity index (χ2n) is 8.29. The van der Waals surface area contributed by atoms with Gasteiger partial charge in [-0.2, -0.15) is 0 Å². The molecule has 8 nitrogen and oxygen atoms in total. The van der Waals surface area contributed by atoms with E-state index in [0.717, 1.165) is 39.0 Å². The SMILES string of the molecule is COC(=O)c1cc(OC)c(-n2cc(-c3ccccc3)c3ncc(-c4c(C)noc4C)cc32)c(OC)c1. The molecule has 0 bridgehead atoms. The van der Waals surface area contributed by atoms with Crippen molar-refractivity contribution in [1.82, 2.24) is 14.7 Å². The van der Waals surface area contributed by atoms with Gasteiger partial charge in [0.15, 0.2) is 0 Å². The highest BCUT2D eigenvalue weighted by atomic mass is 16.5. The first-order chi connectivity index (χ1) is 17.5. The van der Waals surface area contributed by atoms with E-state index in [-0.39, 0.29) is 0 Å². The molecule has 0 amide bonds. The Morgan fingerprint density at radius 1 is 0.944 bits per heavy atom. The molecule has 0 radical (unpaired) electrons. The van der Waals surface area contributed by atoms with Crippen LogP contribution < -0.4 is 9.47 Å². The molecule has 0 atom stereocenters. The fourth-order valence-electron chi connectivity index (χ4n) is 4.52. The summed E-state index contributed by atoms with van der Waals surface area (Å²) in [6.07, 6.45) is 3.84. The minimum absolute atomic E-state index is 0.323. The Labute approximate surface area is 208 Å². The van der Waals surface area contributed by atoms with Gasteiger partial charge in [0, 0.05) is 29.1 Å². The number of carbonyl (C=O) groups is 1. The Hall–Kier alpha value is -4.59. The van der Waals surface area contributed by atoms with Gasteiger partial charge in [-0.25, -0.2) is 4.79 Å². The fraction of sp³-hybridized carbons (Fsp3) is 0.179. The number of fused-ring (bicyclic) bond motifs is 1. The first kappa shape index (κ1) is 23.2. The lowest BCUT2D eigenvalue weighted by Gasteiger charge is -2.16. The van der Waals surface area contributed by atoms with Crippen molar-refractivity contribution in [3.05, 3.63) is 77.9 Å². The van der Waals surface area contributed by atoms with Crippen molar-refractivity contribution in [2.45, 2.75) is 13.8 Å². The highest BCUT2D eigenvalue weighted by Crippen LogP contribution is 2.41. The van der Waals surface area contributed by atoms with E-state index in [1.165, 1.54) is 7.11 Å². The van der Waals surface area contributed by atoms with Gasteiger partial charge in [0.1, 0.15) is 22.9 Å². The number of hydrogen-bond donors (Lipinski definition) is 0. The Bertz CT molecular complexity index is 1540. The molecule has 3 heterocycles. The Balaban J connectivity index is 1.84. The first-order valence-electron chi connectivity index (χ1n) is 11.3. The van der Waals surface area contributed by atoms with Crippen molar-refractivity contribution in [1.29, 1.82) is 0 Å². The zero-order valence-electron chi connectivity index (χ0n) is 20.7. The summed E-state index contributed by atoms with van der Waals surface area (Å²) >= 11 is 0. The maximum Gasteiger partial charge on any atom is 0.338 e. The van der Waals surface area contributed by atoms with Gasteiger partial charge < -0.3 is 23.3 Å². The monoisotopic (exact) mass is 483 g/mol. The zero-order valence-corrected chi connectivity index (χ0v) is 20.7. The highest BCUT2D eigenvalue weighted by molar-refractivity contribution is 5.97. The largest absolute Gasteiger partial charge is 0.494 e. The molecule has 5 rings (SSSR count). The summed E-state index contributed by atoms with van der Waals surface area (Å²) in [5.74, 6) is 1.14. The Morgan fingerprint density at radius 3 is 2.22 bits per heavy atom. The lowest BCUT2D eigenvalue weighted by atomic mass is 10.0. The third-order valence-corrected chi connectivity index (χ3v) is 6.19. The van der Waals surface area contributed by atoms with Gasteiger partial charge in [-0.15, -0.1) is 0 Å². The first-order valence-corrected chi connectivity index (χ1v) is 11.3. The number of nitrogens with zero attached hydrogens (tertiary/aromatic N) is 3. The Morgan fingerprint density at radius 2 is 1.64 bits per heavy atom. The van der Waals surface area contributed by atoms with Crippen LogP contribution in [-0.2, 0) is 4.74 Å². The molecule has 182 valence electrons. The normalized spacial score (nSPS) is 11.0. The summed E-state index contributed by atoms with van der Waals surface area (Å²) in [6, 6.07) is 15.4. The summed E-state index contributed by atoms with van der Waals surface area (Å²) in [5, 5.41) is 4.10. The lowest BCUT2D eigenvalue weighted by molar-refractivity contribution is 0.0600. The minimum atomic E-state index is -0.483. The van der Waals surface area contributed by atoms with Crippen LogP contribution in [0, 0.1) is 13.8 Å². The number of hydrogen-bond acceptors (Lipinski definition) is 7. The van der Waals surface area contributed by atoms with Crippen LogP contribution in [0.2, 0.25) is 0 Å². The van der Waals surface area contributed by atoms with Crippen LogP contribution in [0.25, 0.3) is 39.0 Å². The predicted molar refractivity (Wildman–Crippen MR) is 136 cm³/mol. The lowest BCUT2D eigenvalue weighted by Crippen LogP contribution is -2.06. The molecule has 0 aliphatic heterocycles. The van der Waals surface area contributed by atoms with Gasteiger partial charge in [-0.1, -0.05) is 35.5 Å². The number of benzene rings is 2. The molecular weight excluding hydrogens is 458 g/mol. The predicted octanol–water partition coefficient (Wildman–Crippen LogP) is 5.77. The van der Waals surface area contributed by atoms with E-state index in [0.29, 0.717) is 28.5 Å². The van der Waals surface area contributed by atoms with E-state index in [4.69, 9.17) is 23.7 Å². The van der Waals surface area contributed by atoms with Crippen LogP contribution in [0.5, 0.6) is 11.5 Å². The topological polar surface area (TPSA) is 88.6 Å². The van der Waals surface area contributed by atoms with Crippen LogP contribution in [0.15, 0.2) is 65.4 Å². The molecule has 0 spiro atoms. The van der Waals surface area contributed by atoms with E-state index < -0.39 is 5.97 Å². The molecule has 0 N–H and O–H groups in total. The molecule has 0 unspecified atom stereocenters. The maximum atomic E-state index is 12.3. The van der Waals surface area contributed by atoms with E-state index >= 15 is 0 Å². The average molecular weight is 484 g/mol. The van der Waals surface area contributed by atoms with Gasteiger partial charge in [0.05, 0.1) is 43.6 Å². The van der Waals surface area contributed by atoms with Crippen molar-refractivity contribution in [3.63, 3.8) is 0 Å². The standard InChI is InChI=1S/C28H25N3O5/c1-16-25(17(2)36-30-16)20-11-22-26(29-14-20)21(18-9-7-6-8-10-18)15-31(22)27-23(33-3)12-19(28(32)35-5)13-24(27)34-4/h6-15H,1-5H3. The van der Waals surface area contributed by atoms with Gasteiger partial charge >= 0.3 is 5.97 Å². The summed E-state index contributed by atoms with van der Waals surface area (Å²) in [6.45, 7) is 3.79. The van der Waals surface area contributed by atoms with E-state index in [1.807, 2.05) is 61.1 Å². The summed E-state index contributed by atoms with van der Waals surface area (Å²) in [4.78, 5) is 17.1. The van der Waals surface area contributed by atoms with Crippen LogP contribution in [0.4, 0.5) is 0 Å². The quantitative estimate of drug-likeness (QED) is 0.283. The summed E-state index contributed by atoms with van der Waals surface area (Å²) < 4.78 is 23.7. The van der Waals surface area contributed by atoms with Crippen LogP contribution in [0.3, 0.4) is 0 Å². The number of ether oxygens (including phenoxy) is 3. The van der Waals surface area contributed by atoms with Gasteiger partial charge in [0.25, 0.3) is 0 Å². The number of methoxy groups -OCH3 is 3. The number of aromatic nitrogens is 3. The molecule has 3 aromatic heterocycles. The zero-order chi connectivity index (χ0) is 25.4. The number of rotatable bonds is 6. The Kier molecular flexibility index (Phi) is 5.93.